The molecule has 0 bridgehead atoms. The normalized spacial score (nSPS) is 11.3. The molecule has 2 rings (SSSR count). The minimum atomic E-state index is -0.375. The van der Waals surface area contributed by atoms with E-state index in [2.05, 4.69) is 10.1 Å². The Morgan fingerprint density at radius 1 is 1.06 bits per heavy atom. The number of aromatic nitrogens is 1. The predicted octanol–water partition coefficient (Wildman–Crippen LogP) is 2.80. The lowest BCUT2D eigenvalue weighted by molar-refractivity contribution is 0.106. The SMILES string of the molecule is O=C(/C(=N/O)c1ccncc1)c1ccc(Cl)cc1. The summed E-state index contributed by atoms with van der Waals surface area (Å²) in [6.45, 7) is 0. The van der Waals surface area contributed by atoms with Crippen molar-refractivity contribution in [2.24, 2.45) is 5.16 Å². The molecule has 18 heavy (non-hydrogen) atoms. The number of rotatable bonds is 3. The number of ketones is 1. The topological polar surface area (TPSA) is 62.5 Å². The van der Waals surface area contributed by atoms with Gasteiger partial charge in [0.05, 0.1) is 0 Å². The molecule has 0 radical (unpaired) electrons. The molecule has 0 fully saturated rings. The Morgan fingerprint density at radius 2 is 1.67 bits per heavy atom. The molecule has 0 aliphatic heterocycles. The molecule has 1 N–H and O–H groups in total. The minimum absolute atomic E-state index is 0.0280. The van der Waals surface area contributed by atoms with Gasteiger partial charge < -0.3 is 5.21 Å². The molecule has 0 unspecified atom stereocenters. The van der Waals surface area contributed by atoms with Gasteiger partial charge in [0, 0.05) is 28.5 Å². The van der Waals surface area contributed by atoms with Crippen LogP contribution >= 0.6 is 11.6 Å². The first-order valence-electron chi connectivity index (χ1n) is 5.15. The molecule has 5 heteroatoms. The van der Waals surface area contributed by atoms with Gasteiger partial charge in [-0.1, -0.05) is 16.8 Å². The average molecular weight is 261 g/mol. The summed E-state index contributed by atoms with van der Waals surface area (Å²) in [5, 5.41) is 12.6. The molecular weight excluding hydrogens is 252 g/mol. The van der Waals surface area contributed by atoms with Crippen molar-refractivity contribution in [1.82, 2.24) is 4.98 Å². The monoisotopic (exact) mass is 260 g/mol. The second kappa shape index (κ2) is 5.42. The first-order chi connectivity index (χ1) is 8.72. The molecule has 0 spiro atoms. The summed E-state index contributed by atoms with van der Waals surface area (Å²) in [4.78, 5) is 16.0. The van der Waals surface area contributed by atoms with E-state index in [4.69, 9.17) is 16.8 Å². The average Bonchev–Trinajstić information content (AvgIpc) is 2.41. The molecular formula is C13H9ClN2O2. The smallest absolute Gasteiger partial charge is 0.215 e. The van der Waals surface area contributed by atoms with Crippen molar-refractivity contribution in [3.8, 4) is 0 Å². The van der Waals surface area contributed by atoms with Crippen LogP contribution in [0, 0.1) is 0 Å². The summed E-state index contributed by atoms with van der Waals surface area (Å²) in [5.74, 6) is -0.375. The summed E-state index contributed by atoms with van der Waals surface area (Å²) in [6, 6.07) is 9.58. The minimum Gasteiger partial charge on any atom is -0.410 e. The van der Waals surface area contributed by atoms with E-state index in [-0.39, 0.29) is 11.5 Å². The number of halogens is 1. The van der Waals surface area contributed by atoms with Gasteiger partial charge in [0.25, 0.3) is 0 Å². The highest BCUT2D eigenvalue weighted by atomic mass is 35.5. The number of carbonyl (C=O) groups excluding carboxylic acids is 1. The molecule has 90 valence electrons. The van der Waals surface area contributed by atoms with E-state index in [0.29, 0.717) is 16.1 Å². The molecule has 0 aliphatic rings. The van der Waals surface area contributed by atoms with Crippen molar-refractivity contribution in [2.75, 3.05) is 0 Å². The predicted molar refractivity (Wildman–Crippen MR) is 68.3 cm³/mol. The molecule has 0 aliphatic carbocycles. The van der Waals surface area contributed by atoms with Gasteiger partial charge in [-0.25, -0.2) is 0 Å². The zero-order valence-corrected chi connectivity index (χ0v) is 10.0. The van der Waals surface area contributed by atoms with Crippen LogP contribution in [0.2, 0.25) is 5.02 Å². The Hall–Kier alpha value is -2.20. The fourth-order valence-electron chi connectivity index (χ4n) is 1.48. The molecule has 1 aromatic heterocycles. The third kappa shape index (κ3) is 2.55. The summed E-state index contributed by atoms with van der Waals surface area (Å²) in [5.41, 5.74) is 0.885. The van der Waals surface area contributed by atoms with Gasteiger partial charge in [-0.3, -0.25) is 9.78 Å². The maximum Gasteiger partial charge on any atom is 0.215 e. The van der Waals surface area contributed by atoms with Gasteiger partial charge in [0.2, 0.25) is 5.78 Å². The number of carbonyl (C=O) groups is 1. The number of benzene rings is 1. The molecule has 0 amide bonds. The third-order valence-electron chi connectivity index (χ3n) is 2.38. The van der Waals surface area contributed by atoms with Crippen LogP contribution < -0.4 is 0 Å². The van der Waals surface area contributed by atoms with E-state index in [1.807, 2.05) is 0 Å². The van der Waals surface area contributed by atoms with Crippen molar-refractivity contribution in [2.45, 2.75) is 0 Å². The van der Waals surface area contributed by atoms with Crippen LogP contribution in [-0.4, -0.2) is 21.7 Å². The largest absolute Gasteiger partial charge is 0.410 e. The van der Waals surface area contributed by atoms with Crippen LogP contribution in [0.1, 0.15) is 15.9 Å². The van der Waals surface area contributed by atoms with E-state index in [1.165, 1.54) is 12.4 Å². The maximum atomic E-state index is 12.1. The van der Waals surface area contributed by atoms with Crippen molar-refractivity contribution < 1.29 is 10.0 Å². The number of pyridine rings is 1. The zero-order valence-electron chi connectivity index (χ0n) is 9.25. The molecule has 0 saturated carbocycles. The second-order valence-corrected chi connectivity index (χ2v) is 3.96. The molecule has 1 aromatic carbocycles. The van der Waals surface area contributed by atoms with Crippen molar-refractivity contribution in [3.05, 3.63) is 64.9 Å². The lowest BCUT2D eigenvalue weighted by Gasteiger charge is -2.03. The standard InChI is InChI=1S/C13H9ClN2O2/c14-11-3-1-10(2-4-11)13(17)12(16-18)9-5-7-15-8-6-9/h1-8,18H/b16-12+. The Kier molecular flexibility index (Phi) is 3.69. The first-order valence-corrected chi connectivity index (χ1v) is 5.53. The number of Topliss-reactive ketones (excluding diaryl/α,β-unsaturated/α-hetero) is 1. The number of hydrogen-bond acceptors (Lipinski definition) is 4. The number of nitrogens with zero attached hydrogens (tertiary/aromatic N) is 2. The molecule has 0 saturated heterocycles. The fraction of sp³-hybridized carbons (Fsp3) is 0. The highest BCUT2D eigenvalue weighted by Gasteiger charge is 2.16. The summed E-state index contributed by atoms with van der Waals surface area (Å²) in [7, 11) is 0. The Bertz CT molecular complexity index is 580. The van der Waals surface area contributed by atoms with E-state index < -0.39 is 0 Å². The quantitative estimate of drug-likeness (QED) is 0.399. The molecule has 0 atom stereocenters. The van der Waals surface area contributed by atoms with Crippen molar-refractivity contribution in [3.63, 3.8) is 0 Å². The fourth-order valence-corrected chi connectivity index (χ4v) is 1.61. The number of oxime groups is 1. The Balaban J connectivity index is 2.35. The molecule has 4 nitrogen and oxygen atoms in total. The van der Waals surface area contributed by atoms with Crippen molar-refractivity contribution >= 4 is 23.1 Å². The van der Waals surface area contributed by atoms with Gasteiger partial charge >= 0.3 is 0 Å². The lowest BCUT2D eigenvalue weighted by atomic mass is 10.0. The van der Waals surface area contributed by atoms with Crippen LogP contribution in [-0.2, 0) is 0 Å². The van der Waals surface area contributed by atoms with E-state index in [9.17, 15) is 4.79 Å². The lowest BCUT2D eigenvalue weighted by Crippen LogP contribution is -2.15. The van der Waals surface area contributed by atoms with Crippen LogP contribution in [0.5, 0.6) is 0 Å². The highest BCUT2D eigenvalue weighted by molar-refractivity contribution is 6.51. The van der Waals surface area contributed by atoms with Gasteiger partial charge in [-0.05, 0) is 36.4 Å². The Labute approximate surface area is 109 Å². The zero-order chi connectivity index (χ0) is 13.0. The summed E-state index contributed by atoms with van der Waals surface area (Å²) < 4.78 is 0. The van der Waals surface area contributed by atoms with Crippen molar-refractivity contribution in [1.29, 1.82) is 0 Å². The maximum absolute atomic E-state index is 12.1. The van der Waals surface area contributed by atoms with Crippen LogP contribution in [0.4, 0.5) is 0 Å². The van der Waals surface area contributed by atoms with Gasteiger partial charge in [0.1, 0.15) is 0 Å². The van der Waals surface area contributed by atoms with E-state index >= 15 is 0 Å². The van der Waals surface area contributed by atoms with Crippen LogP contribution in [0.25, 0.3) is 0 Å². The second-order valence-electron chi connectivity index (χ2n) is 3.52. The van der Waals surface area contributed by atoms with Crippen LogP contribution in [0.3, 0.4) is 0 Å². The van der Waals surface area contributed by atoms with Crippen LogP contribution in [0.15, 0.2) is 53.9 Å². The van der Waals surface area contributed by atoms with Gasteiger partial charge in [-0.2, -0.15) is 0 Å². The van der Waals surface area contributed by atoms with E-state index in [1.54, 1.807) is 36.4 Å². The number of hydrogen-bond donors (Lipinski definition) is 1. The summed E-state index contributed by atoms with van der Waals surface area (Å²) in [6.07, 6.45) is 3.05. The van der Waals surface area contributed by atoms with Gasteiger partial charge in [0.15, 0.2) is 5.71 Å². The third-order valence-corrected chi connectivity index (χ3v) is 2.63. The molecule has 2 aromatic rings. The summed E-state index contributed by atoms with van der Waals surface area (Å²) >= 11 is 5.75. The molecule has 1 heterocycles. The Morgan fingerprint density at radius 3 is 2.22 bits per heavy atom. The first kappa shape index (κ1) is 12.3. The van der Waals surface area contributed by atoms with Gasteiger partial charge in [-0.15, -0.1) is 0 Å². The van der Waals surface area contributed by atoms with E-state index in [0.717, 1.165) is 0 Å². The highest BCUT2D eigenvalue weighted by Crippen LogP contribution is 2.12.